The van der Waals surface area contributed by atoms with E-state index in [2.05, 4.69) is 10.2 Å². The molecule has 1 aromatic rings. The number of imide groups is 1. The van der Waals surface area contributed by atoms with Crippen LogP contribution in [0.5, 0.6) is 11.5 Å². The van der Waals surface area contributed by atoms with Crippen molar-refractivity contribution in [2.45, 2.75) is 25.4 Å². The minimum absolute atomic E-state index is 0.0804. The fraction of sp³-hybridized carbons (Fsp3) is 0.591. The summed E-state index contributed by atoms with van der Waals surface area (Å²) in [5.41, 5.74) is 1.90. The molecule has 0 saturated carbocycles. The van der Waals surface area contributed by atoms with Gasteiger partial charge in [-0.2, -0.15) is 0 Å². The van der Waals surface area contributed by atoms with Gasteiger partial charge >= 0.3 is 6.03 Å². The number of nitrogens with zero attached hydrogens (tertiary/aromatic N) is 3. The topological polar surface area (TPSA) is 101 Å². The molecule has 0 spiro atoms. The van der Waals surface area contributed by atoms with Crippen molar-refractivity contribution < 1.29 is 28.6 Å². The van der Waals surface area contributed by atoms with Gasteiger partial charge in [-0.1, -0.05) is 0 Å². The second kappa shape index (κ2) is 9.74. The van der Waals surface area contributed by atoms with Gasteiger partial charge in [0.05, 0.1) is 27.4 Å². The smallest absolute Gasteiger partial charge is 0.327 e. The number of benzene rings is 1. The zero-order chi connectivity index (χ0) is 22.7. The Bertz CT molecular complexity index is 834. The minimum Gasteiger partial charge on any atom is -0.493 e. The molecule has 4 amide bonds. The number of methoxy groups -OCH3 is 2. The largest absolute Gasteiger partial charge is 0.493 e. The summed E-state index contributed by atoms with van der Waals surface area (Å²) in [6, 6.07) is 2.83. The highest BCUT2D eigenvalue weighted by Crippen LogP contribution is 2.37. The summed E-state index contributed by atoms with van der Waals surface area (Å²) in [5, 5.41) is 2.87. The van der Waals surface area contributed by atoms with Gasteiger partial charge in [0.1, 0.15) is 6.04 Å². The molecule has 1 N–H and O–H groups in total. The van der Waals surface area contributed by atoms with Gasteiger partial charge in [-0.25, -0.2) is 4.79 Å². The maximum Gasteiger partial charge on any atom is 0.327 e. The molecule has 3 aliphatic rings. The Morgan fingerprint density at radius 2 is 1.78 bits per heavy atom. The van der Waals surface area contributed by atoms with Gasteiger partial charge in [-0.05, 0) is 23.3 Å². The van der Waals surface area contributed by atoms with Crippen LogP contribution in [0.1, 0.15) is 17.5 Å². The maximum atomic E-state index is 12.9. The summed E-state index contributed by atoms with van der Waals surface area (Å²) < 4.78 is 16.0. The standard InChI is InChI=1S/C22H30N4O6/c1-30-18-12-15-11-17-21(28)25(22(29)26(17)14-16(15)13-19(18)31-2)5-3-20(27)23-4-6-24-7-9-32-10-8-24/h12-13,17H,3-11,14H2,1-2H3,(H,23,27)/t17-/m1/s1. The molecule has 3 heterocycles. The summed E-state index contributed by atoms with van der Waals surface area (Å²) in [6.45, 7) is 4.87. The van der Waals surface area contributed by atoms with Gasteiger partial charge in [0.25, 0.3) is 5.91 Å². The number of amides is 4. The summed E-state index contributed by atoms with van der Waals surface area (Å²) >= 11 is 0. The molecule has 0 aliphatic carbocycles. The first-order chi connectivity index (χ1) is 15.5. The number of hydrogen-bond donors (Lipinski definition) is 1. The van der Waals surface area contributed by atoms with Crippen LogP contribution in [0.4, 0.5) is 4.79 Å². The van der Waals surface area contributed by atoms with Crippen LogP contribution in [0, 0.1) is 0 Å². The van der Waals surface area contributed by atoms with E-state index in [0.717, 1.165) is 30.8 Å². The van der Waals surface area contributed by atoms with E-state index in [1.165, 1.54) is 4.90 Å². The third-order valence-corrected chi connectivity index (χ3v) is 6.28. The van der Waals surface area contributed by atoms with Gasteiger partial charge < -0.3 is 24.4 Å². The number of rotatable bonds is 8. The monoisotopic (exact) mass is 446 g/mol. The van der Waals surface area contributed by atoms with Crippen molar-refractivity contribution in [3.8, 4) is 11.5 Å². The molecule has 1 aromatic carbocycles. The molecule has 4 rings (SSSR count). The van der Waals surface area contributed by atoms with E-state index in [1.54, 1.807) is 19.1 Å². The molecular weight excluding hydrogens is 416 g/mol. The molecule has 10 nitrogen and oxygen atoms in total. The van der Waals surface area contributed by atoms with Crippen LogP contribution in [-0.4, -0.2) is 98.7 Å². The van der Waals surface area contributed by atoms with Crippen molar-refractivity contribution in [2.75, 3.05) is 60.2 Å². The molecule has 32 heavy (non-hydrogen) atoms. The van der Waals surface area contributed by atoms with Crippen molar-refractivity contribution >= 4 is 17.8 Å². The van der Waals surface area contributed by atoms with Crippen molar-refractivity contribution in [3.05, 3.63) is 23.3 Å². The van der Waals surface area contributed by atoms with Gasteiger partial charge in [-0.3, -0.25) is 19.4 Å². The average molecular weight is 447 g/mol. The molecule has 0 aromatic heterocycles. The van der Waals surface area contributed by atoms with E-state index in [9.17, 15) is 14.4 Å². The number of ether oxygens (including phenoxy) is 3. The number of nitrogens with one attached hydrogen (secondary N) is 1. The maximum absolute atomic E-state index is 12.9. The number of morpholine rings is 1. The van der Waals surface area contributed by atoms with E-state index >= 15 is 0 Å². The van der Waals surface area contributed by atoms with E-state index < -0.39 is 6.04 Å². The molecule has 2 fully saturated rings. The predicted molar refractivity (Wildman–Crippen MR) is 115 cm³/mol. The SMILES string of the molecule is COc1cc2c(cc1OC)CN1C(=O)N(CCC(=O)NCCN3CCOCC3)C(=O)[C@H]1C2. The number of carbonyl (C=O) groups excluding carboxylic acids is 3. The summed E-state index contributed by atoms with van der Waals surface area (Å²) in [4.78, 5) is 43.1. The lowest BCUT2D eigenvalue weighted by Gasteiger charge is -2.29. The summed E-state index contributed by atoms with van der Waals surface area (Å²) in [5.74, 6) is 0.772. The normalized spacial score (nSPS) is 20.8. The first-order valence-corrected chi connectivity index (χ1v) is 10.9. The fourth-order valence-corrected chi connectivity index (χ4v) is 4.45. The lowest BCUT2D eigenvalue weighted by molar-refractivity contribution is -0.129. The highest BCUT2D eigenvalue weighted by molar-refractivity contribution is 6.04. The van der Waals surface area contributed by atoms with E-state index in [0.29, 0.717) is 44.2 Å². The van der Waals surface area contributed by atoms with Gasteiger partial charge in [0.15, 0.2) is 11.5 Å². The predicted octanol–water partition coefficient (Wildman–Crippen LogP) is 0.231. The van der Waals surface area contributed by atoms with E-state index in [1.807, 2.05) is 12.1 Å². The lowest BCUT2D eigenvalue weighted by Crippen LogP contribution is -2.42. The van der Waals surface area contributed by atoms with Crippen LogP contribution in [0.2, 0.25) is 0 Å². The zero-order valence-electron chi connectivity index (χ0n) is 18.6. The molecule has 0 bridgehead atoms. The van der Waals surface area contributed by atoms with Crippen LogP contribution in [0.15, 0.2) is 12.1 Å². The van der Waals surface area contributed by atoms with Crippen molar-refractivity contribution in [1.82, 2.24) is 20.0 Å². The Balaban J connectivity index is 1.31. The first-order valence-electron chi connectivity index (χ1n) is 10.9. The third-order valence-electron chi connectivity index (χ3n) is 6.28. The fourth-order valence-electron chi connectivity index (χ4n) is 4.45. The number of hydrogen-bond acceptors (Lipinski definition) is 7. The van der Waals surface area contributed by atoms with Crippen LogP contribution >= 0.6 is 0 Å². The van der Waals surface area contributed by atoms with Crippen molar-refractivity contribution in [1.29, 1.82) is 0 Å². The highest BCUT2D eigenvalue weighted by atomic mass is 16.5. The average Bonchev–Trinajstić information content (AvgIpc) is 3.04. The molecule has 3 aliphatic heterocycles. The van der Waals surface area contributed by atoms with Gasteiger partial charge in [0.2, 0.25) is 5.91 Å². The Kier molecular flexibility index (Phi) is 6.80. The number of carbonyl (C=O) groups is 3. The Morgan fingerprint density at radius 3 is 2.47 bits per heavy atom. The summed E-state index contributed by atoms with van der Waals surface area (Å²) in [7, 11) is 3.13. The Labute approximate surface area is 187 Å². The first kappa shape index (κ1) is 22.3. The van der Waals surface area contributed by atoms with Crippen LogP contribution in [0.3, 0.4) is 0 Å². The van der Waals surface area contributed by atoms with E-state index in [4.69, 9.17) is 14.2 Å². The summed E-state index contributed by atoms with van der Waals surface area (Å²) in [6.07, 6.45) is 0.512. The molecular formula is C22H30N4O6. The minimum atomic E-state index is -0.544. The Hall–Kier alpha value is -2.85. The van der Waals surface area contributed by atoms with Crippen LogP contribution < -0.4 is 14.8 Å². The van der Waals surface area contributed by atoms with Crippen LogP contribution in [0.25, 0.3) is 0 Å². The quantitative estimate of drug-likeness (QED) is 0.571. The molecule has 0 radical (unpaired) electrons. The van der Waals surface area contributed by atoms with Crippen LogP contribution in [-0.2, 0) is 27.3 Å². The van der Waals surface area contributed by atoms with Gasteiger partial charge in [-0.15, -0.1) is 0 Å². The second-order valence-electron chi connectivity index (χ2n) is 8.15. The van der Waals surface area contributed by atoms with Crippen molar-refractivity contribution in [2.24, 2.45) is 0 Å². The van der Waals surface area contributed by atoms with E-state index in [-0.39, 0.29) is 30.8 Å². The van der Waals surface area contributed by atoms with Gasteiger partial charge in [0, 0.05) is 52.1 Å². The zero-order valence-corrected chi connectivity index (χ0v) is 18.6. The second-order valence-corrected chi connectivity index (χ2v) is 8.15. The molecule has 10 heteroatoms. The molecule has 1 atom stereocenters. The molecule has 174 valence electrons. The Morgan fingerprint density at radius 1 is 1.09 bits per heavy atom. The number of fused-ring (bicyclic) bond motifs is 2. The third kappa shape index (κ3) is 4.51. The van der Waals surface area contributed by atoms with Crippen molar-refractivity contribution in [3.63, 3.8) is 0 Å². The molecule has 2 saturated heterocycles. The number of urea groups is 1. The molecule has 0 unspecified atom stereocenters. The lowest BCUT2D eigenvalue weighted by atomic mass is 9.94. The highest BCUT2D eigenvalue weighted by Gasteiger charge is 2.47.